The minimum Gasteiger partial charge on any atom is -0.439 e. The fourth-order valence-corrected chi connectivity index (χ4v) is 3.41. The molecule has 4 rings (SSSR count). The van der Waals surface area contributed by atoms with Crippen molar-refractivity contribution in [2.24, 2.45) is 0 Å². The summed E-state index contributed by atoms with van der Waals surface area (Å²) in [6.07, 6.45) is 1.58. The number of para-hydroxylation sites is 1. The summed E-state index contributed by atoms with van der Waals surface area (Å²) in [4.78, 5) is 19.1. The Kier molecular flexibility index (Phi) is 7.27. The lowest BCUT2D eigenvalue weighted by Crippen LogP contribution is -2.36. The van der Waals surface area contributed by atoms with Crippen molar-refractivity contribution in [1.29, 1.82) is 0 Å². The van der Waals surface area contributed by atoms with Gasteiger partial charge < -0.3 is 20.1 Å². The van der Waals surface area contributed by atoms with Crippen molar-refractivity contribution < 1.29 is 18.7 Å². The van der Waals surface area contributed by atoms with Gasteiger partial charge in [-0.1, -0.05) is 30.3 Å². The Bertz CT molecular complexity index is 1060. The summed E-state index contributed by atoms with van der Waals surface area (Å²) in [6, 6.07) is 16.8. The van der Waals surface area contributed by atoms with Crippen LogP contribution in [-0.2, 0) is 17.8 Å². The van der Waals surface area contributed by atoms with Crippen molar-refractivity contribution in [3.05, 3.63) is 83.8 Å². The van der Waals surface area contributed by atoms with Gasteiger partial charge in [-0.05, 0) is 29.8 Å². The fourth-order valence-electron chi connectivity index (χ4n) is 3.41. The first-order chi connectivity index (χ1) is 15.7. The minimum absolute atomic E-state index is 0.204. The van der Waals surface area contributed by atoms with E-state index in [1.165, 1.54) is 12.1 Å². The average Bonchev–Trinajstić information content (AvgIpc) is 2.81. The molecule has 8 heteroatoms. The van der Waals surface area contributed by atoms with Crippen LogP contribution in [0.15, 0.2) is 66.9 Å². The number of aromatic nitrogens is 1. The smallest absolute Gasteiger partial charge is 0.319 e. The van der Waals surface area contributed by atoms with Gasteiger partial charge in [0, 0.05) is 49.7 Å². The standard InChI is InChI=1S/C24H25FN4O3/c25-20-7-3-8-21(15-20)32-23-18(6-4-10-26-23)16-27-24(30)28-22-9-2-1-5-19(22)17-29-11-13-31-14-12-29/h1-10,15H,11-14,16-17H2,(H2,27,28,30). The molecule has 2 aromatic carbocycles. The predicted octanol–water partition coefficient (Wildman–Crippen LogP) is 4.17. The number of hydrogen-bond donors (Lipinski definition) is 2. The van der Waals surface area contributed by atoms with Crippen molar-refractivity contribution in [1.82, 2.24) is 15.2 Å². The second-order valence-corrected chi connectivity index (χ2v) is 7.38. The molecule has 2 amide bonds. The molecule has 166 valence electrons. The lowest BCUT2D eigenvalue weighted by atomic mass is 10.1. The van der Waals surface area contributed by atoms with Crippen LogP contribution in [0.4, 0.5) is 14.9 Å². The second-order valence-electron chi connectivity index (χ2n) is 7.38. The molecule has 1 fully saturated rings. The number of pyridine rings is 1. The summed E-state index contributed by atoms with van der Waals surface area (Å²) in [5, 5.41) is 5.77. The maximum Gasteiger partial charge on any atom is 0.319 e. The average molecular weight is 436 g/mol. The maximum atomic E-state index is 13.4. The van der Waals surface area contributed by atoms with E-state index in [-0.39, 0.29) is 12.6 Å². The molecule has 3 aromatic rings. The molecule has 0 atom stereocenters. The van der Waals surface area contributed by atoms with E-state index in [1.54, 1.807) is 30.5 Å². The second kappa shape index (κ2) is 10.7. The number of carbonyl (C=O) groups is 1. The number of urea groups is 1. The van der Waals surface area contributed by atoms with Gasteiger partial charge in [0.2, 0.25) is 5.88 Å². The van der Waals surface area contributed by atoms with Gasteiger partial charge in [0.1, 0.15) is 11.6 Å². The van der Waals surface area contributed by atoms with E-state index < -0.39 is 5.82 Å². The van der Waals surface area contributed by atoms with Crippen LogP contribution in [0.25, 0.3) is 0 Å². The van der Waals surface area contributed by atoms with E-state index in [0.29, 0.717) is 17.2 Å². The van der Waals surface area contributed by atoms with Crippen molar-refractivity contribution >= 4 is 11.7 Å². The van der Waals surface area contributed by atoms with Crippen LogP contribution in [0.1, 0.15) is 11.1 Å². The van der Waals surface area contributed by atoms with Gasteiger partial charge in [-0.2, -0.15) is 0 Å². The van der Waals surface area contributed by atoms with E-state index in [1.807, 2.05) is 24.3 Å². The predicted molar refractivity (Wildman–Crippen MR) is 119 cm³/mol. The third-order valence-corrected chi connectivity index (χ3v) is 5.06. The summed E-state index contributed by atoms with van der Waals surface area (Å²) in [7, 11) is 0. The number of nitrogens with zero attached hydrogens (tertiary/aromatic N) is 2. The molecule has 1 aliphatic heterocycles. The Morgan fingerprint density at radius 3 is 2.72 bits per heavy atom. The largest absolute Gasteiger partial charge is 0.439 e. The van der Waals surface area contributed by atoms with Crippen LogP contribution in [0.2, 0.25) is 0 Å². The highest BCUT2D eigenvalue weighted by Crippen LogP contribution is 2.23. The lowest BCUT2D eigenvalue weighted by molar-refractivity contribution is 0.0343. The number of halogens is 1. The number of hydrogen-bond acceptors (Lipinski definition) is 5. The summed E-state index contributed by atoms with van der Waals surface area (Å²) in [5.41, 5.74) is 2.48. The number of rotatable bonds is 7. The highest BCUT2D eigenvalue weighted by Gasteiger charge is 2.14. The minimum atomic E-state index is -0.395. The zero-order valence-corrected chi connectivity index (χ0v) is 17.6. The van der Waals surface area contributed by atoms with Crippen LogP contribution < -0.4 is 15.4 Å². The van der Waals surface area contributed by atoms with E-state index >= 15 is 0 Å². The van der Waals surface area contributed by atoms with Crippen molar-refractivity contribution in [3.63, 3.8) is 0 Å². The van der Waals surface area contributed by atoms with Crippen LogP contribution in [0.5, 0.6) is 11.6 Å². The molecule has 0 unspecified atom stereocenters. The Morgan fingerprint density at radius 2 is 1.88 bits per heavy atom. The summed E-state index contributed by atoms with van der Waals surface area (Å²) in [6.45, 7) is 4.14. The molecular weight excluding hydrogens is 411 g/mol. The first-order valence-corrected chi connectivity index (χ1v) is 10.5. The van der Waals surface area contributed by atoms with Crippen molar-refractivity contribution in [3.8, 4) is 11.6 Å². The molecule has 32 heavy (non-hydrogen) atoms. The quantitative estimate of drug-likeness (QED) is 0.582. The normalized spacial score (nSPS) is 14.0. The molecule has 1 aromatic heterocycles. The monoisotopic (exact) mass is 436 g/mol. The summed E-state index contributed by atoms with van der Waals surface area (Å²) >= 11 is 0. The number of benzene rings is 2. The van der Waals surface area contributed by atoms with Crippen LogP contribution >= 0.6 is 0 Å². The first kappa shape index (κ1) is 21.7. The van der Waals surface area contributed by atoms with E-state index in [4.69, 9.17) is 9.47 Å². The lowest BCUT2D eigenvalue weighted by Gasteiger charge is -2.27. The Hall–Kier alpha value is -3.49. The first-order valence-electron chi connectivity index (χ1n) is 10.5. The van der Waals surface area contributed by atoms with Gasteiger partial charge in [-0.15, -0.1) is 0 Å². The maximum absolute atomic E-state index is 13.4. The number of nitrogens with one attached hydrogen (secondary N) is 2. The highest BCUT2D eigenvalue weighted by molar-refractivity contribution is 5.90. The number of ether oxygens (including phenoxy) is 2. The molecule has 1 aliphatic rings. The number of carbonyl (C=O) groups excluding carboxylic acids is 1. The van der Waals surface area contributed by atoms with Crippen molar-refractivity contribution in [2.45, 2.75) is 13.1 Å². The highest BCUT2D eigenvalue weighted by atomic mass is 19.1. The number of anilines is 1. The van der Waals surface area contributed by atoms with Crippen LogP contribution in [0, 0.1) is 5.82 Å². The van der Waals surface area contributed by atoms with Gasteiger partial charge in [0.15, 0.2) is 0 Å². The molecular formula is C24H25FN4O3. The van der Waals surface area contributed by atoms with Gasteiger partial charge in [-0.3, -0.25) is 4.90 Å². The van der Waals surface area contributed by atoms with E-state index in [0.717, 1.165) is 44.1 Å². The zero-order valence-electron chi connectivity index (χ0n) is 17.6. The molecule has 0 spiro atoms. The van der Waals surface area contributed by atoms with Crippen LogP contribution in [0.3, 0.4) is 0 Å². The molecule has 7 nitrogen and oxygen atoms in total. The molecule has 2 N–H and O–H groups in total. The third-order valence-electron chi connectivity index (χ3n) is 5.06. The molecule has 2 heterocycles. The SMILES string of the molecule is O=C(NCc1cccnc1Oc1cccc(F)c1)Nc1ccccc1CN1CCOCC1. The molecule has 0 bridgehead atoms. The van der Waals surface area contributed by atoms with Gasteiger partial charge in [-0.25, -0.2) is 14.2 Å². The zero-order chi connectivity index (χ0) is 22.2. The molecule has 1 saturated heterocycles. The summed E-state index contributed by atoms with van der Waals surface area (Å²) in [5.74, 6) is 0.255. The molecule has 0 aliphatic carbocycles. The number of morpholine rings is 1. The van der Waals surface area contributed by atoms with Crippen molar-refractivity contribution in [2.75, 3.05) is 31.6 Å². The van der Waals surface area contributed by atoms with E-state index in [9.17, 15) is 9.18 Å². The van der Waals surface area contributed by atoms with Gasteiger partial charge in [0.05, 0.1) is 13.2 Å². The third kappa shape index (κ3) is 6.03. The Balaban J connectivity index is 1.37. The molecule has 0 saturated carbocycles. The Labute approximate surface area is 186 Å². The van der Waals surface area contributed by atoms with Gasteiger partial charge >= 0.3 is 6.03 Å². The topological polar surface area (TPSA) is 75.7 Å². The van der Waals surface area contributed by atoms with E-state index in [2.05, 4.69) is 20.5 Å². The summed E-state index contributed by atoms with van der Waals surface area (Å²) < 4.78 is 24.5. The Morgan fingerprint density at radius 1 is 1.06 bits per heavy atom. The number of amides is 2. The van der Waals surface area contributed by atoms with Crippen LogP contribution in [-0.4, -0.2) is 42.2 Å². The van der Waals surface area contributed by atoms with Gasteiger partial charge in [0.25, 0.3) is 0 Å². The molecule has 0 radical (unpaired) electrons. The fraction of sp³-hybridized carbons (Fsp3) is 0.250.